The van der Waals surface area contributed by atoms with Crippen molar-refractivity contribution >= 4 is 17.5 Å². The molecule has 21 heavy (non-hydrogen) atoms. The van der Waals surface area contributed by atoms with Crippen LogP contribution in [0.3, 0.4) is 0 Å². The Balaban J connectivity index is 1.56. The zero-order valence-electron chi connectivity index (χ0n) is 13.0. The number of carbonyl (C=O) groups excluding carboxylic acids is 1. The molecule has 4 nitrogen and oxygen atoms in total. The van der Waals surface area contributed by atoms with Crippen LogP contribution in [0.5, 0.6) is 0 Å². The Hall–Kier alpha value is -0.100. The Labute approximate surface area is 131 Å². The van der Waals surface area contributed by atoms with Crippen molar-refractivity contribution in [3.05, 3.63) is 0 Å². The van der Waals surface area contributed by atoms with Crippen LogP contribution >= 0.6 is 11.8 Å². The number of ether oxygens (including phenoxy) is 2. The van der Waals surface area contributed by atoms with E-state index in [9.17, 15) is 9.90 Å². The van der Waals surface area contributed by atoms with Crippen molar-refractivity contribution in [1.29, 1.82) is 0 Å². The maximum absolute atomic E-state index is 12.3. The van der Waals surface area contributed by atoms with E-state index in [0.29, 0.717) is 6.42 Å². The molecule has 1 saturated carbocycles. The molecule has 3 aliphatic rings. The molecule has 0 spiro atoms. The van der Waals surface area contributed by atoms with Crippen molar-refractivity contribution in [2.45, 2.75) is 70.1 Å². The fourth-order valence-electron chi connectivity index (χ4n) is 3.81. The molecule has 0 aromatic carbocycles. The summed E-state index contributed by atoms with van der Waals surface area (Å²) in [6, 6.07) is 0. The quantitative estimate of drug-likeness (QED) is 0.732. The highest BCUT2D eigenvalue weighted by molar-refractivity contribution is 7.99. The summed E-state index contributed by atoms with van der Waals surface area (Å²) < 4.78 is 11.7. The maximum Gasteiger partial charge on any atom is 0.198 e. The molecule has 5 heteroatoms. The standard InChI is InChI=1S/C16H26O4S/c1-3-4-5-6-7-21-10-12-11-8-16(18)15(2,9-13(11)17)19-14(12)20-16/h11-12,14,18H,3-10H2,1-2H3/t11-,12+,14+,15+,16+/m1/s1. The molecule has 2 heterocycles. The summed E-state index contributed by atoms with van der Waals surface area (Å²) in [6.07, 6.45) is 5.34. The number of carbonyl (C=O) groups is 1. The first-order chi connectivity index (χ1) is 9.99. The molecule has 3 fully saturated rings. The van der Waals surface area contributed by atoms with E-state index in [1.165, 1.54) is 25.7 Å². The zero-order valence-corrected chi connectivity index (χ0v) is 13.8. The summed E-state index contributed by atoms with van der Waals surface area (Å²) in [7, 11) is 0. The first-order valence-electron chi connectivity index (χ1n) is 8.17. The van der Waals surface area contributed by atoms with Gasteiger partial charge >= 0.3 is 0 Å². The summed E-state index contributed by atoms with van der Waals surface area (Å²) in [4.78, 5) is 12.3. The normalized spacial score (nSPS) is 44.5. The van der Waals surface area contributed by atoms with Gasteiger partial charge in [-0.3, -0.25) is 4.79 Å². The maximum atomic E-state index is 12.3. The second-order valence-electron chi connectivity index (χ2n) is 6.87. The van der Waals surface area contributed by atoms with E-state index in [4.69, 9.17) is 9.47 Å². The number of rotatable bonds is 7. The van der Waals surface area contributed by atoms with Crippen molar-refractivity contribution in [2.24, 2.45) is 11.8 Å². The Bertz CT molecular complexity index is 415. The Kier molecular flexibility index (Phi) is 4.39. The lowest BCUT2D eigenvalue weighted by atomic mass is 9.70. The third kappa shape index (κ3) is 2.67. The van der Waals surface area contributed by atoms with Gasteiger partial charge in [0.2, 0.25) is 0 Å². The Morgan fingerprint density at radius 1 is 1.33 bits per heavy atom. The van der Waals surface area contributed by atoms with E-state index in [-0.39, 0.29) is 24.0 Å². The van der Waals surface area contributed by atoms with Crippen molar-refractivity contribution in [3.8, 4) is 0 Å². The van der Waals surface area contributed by atoms with Gasteiger partial charge < -0.3 is 14.6 Å². The molecule has 5 atom stereocenters. The molecule has 0 aromatic heterocycles. The van der Waals surface area contributed by atoms with E-state index in [0.717, 1.165) is 11.5 Å². The fraction of sp³-hybridized carbons (Fsp3) is 0.938. The SMILES string of the molecule is CCCCCCSC[C@@H]1[C@H]2O[C@@]3(C)CC(=O)[C@@H]1C[C@]3(O)O2. The highest BCUT2D eigenvalue weighted by atomic mass is 32.2. The highest BCUT2D eigenvalue weighted by Gasteiger charge is 2.69. The summed E-state index contributed by atoms with van der Waals surface area (Å²) in [6.45, 7) is 4.02. The van der Waals surface area contributed by atoms with Crippen LogP contribution in [-0.4, -0.2) is 40.1 Å². The number of fused-ring (bicyclic) bond motifs is 2. The van der Waals surface area contributed by atoms with E-state index >= 15 is 0 Å². The lowest BCUT2D eigenvalue weighted by molar-refractivity contribution is -0.266. The third-order valence-corrected chi connectivity index (χ3v) is 6.45. The predicted molar refractivity (Wildman–Crippen MR) is 82.0 cm³/mol. The van der Waals surface area contributed by atoms with Gasteiger partial charge in [-0.15, -0.1) is 0 Å². The van der Waals surface area contributed by atoms with E-state index in [1.807, 2.05) is 11.8 Å². The van der Waals surface area contributed by atoms with Gasteiger partial charge in [-0.2, -0.15) is 11.8 Å². The van der Waals surface area contributed by atoms with E-state index < -0.39 is 17.7 Å². The minimum Gasteiger partial charge on any atom is -0.363 e. The van der Waals surface area contributed by atoms with Crippen LogP contribution in [0.2, 0.25) is 0 Å². The predicted octanol–water partition coefficient (Wildman–Crippen LogP) is 2.73. The zero-order chi connectivity index (χ0) is 15.1. The van der Waals surface area contributed by atoms with Crippen LogP contribution in [0.1, 0.15) is 52.4 Å². The second-order valence-corrected chi connectivity index (χ2v) is 8.02. The number of Topliss-reactive ketones (excluding diaryl/α,β-unsaturated/α-hetero) is 1. The van der Waals surface area contributed by atoms with E-state index in [2.05, 4.69) is 6.92 Å². The fourth-order valence-corrected chi connectivity index (χ4v) is 5.04. The molecule has 1 aliphatic carbocycles. The Morgan fingerprint density at radius 3 is 2.90 bits per heavy atom. The highest BCUT2D eigenvalue weighted by Crippen LogP contribution is 2.56. The molecule has 1 N–H and O–H groups in total. The molecule has 0 radical (unpaired) electrons. The van der Waals surface area contributed by atoms with Gasteiger partial charge in [-0.1, -0.05) is 26.2 Å². The smallest absolute Gasteiger partial charge is 0.198 e. The molecule has 0 aromatic rings. The molecule has 2 aliphatic heterocycles. The number of thioether (sulfide) groups is 1. The third-order valence-electron chi connectivity index (χ3n) is 5.25. The van der Waals surface area contributed by atoms with Crippen molar-refractivity contribution in [2.75, 3.05) is 11.5 Å². The van der Waals surface area contributed by atoms with Crippen LogP contribution in [-0.2, 0) is 14.3 Å². The average Bonchev–Trinajstić information content (AvgIpc) is 2.59. The van der Waals surface area contributed by atoms with Crippen molar-refractivity contribution < 1.29 is 19.4 Å². The van der Waals surface area contributed by atoms with E-state index in [1.54, 1.807) is 6.92 Å². The molecule has 3 rings (SSSR count). The molecule has 2 saturated heterocycles. The first-order valence-corrected chi connectivity index (χ1v) is 9.33. The summed E-state index contributed by atoms with van der Waals surface area (Å²) in [5, 5.41) is 10.6. The van der Waals surface area contributed by atoms with Crippen LogP contribution in [0, 0.1) is 11.8 Å². The number of hydrogen-bond acceptors (Lipinski definition) is 5. The van der Waals surface area contributed by atoms with Gasteiger partial charge in [0.05, 0.1) is 0 Å². The van der Waals surface area contributed by atoms with Crippen LogP contribution in [0.4, 0.5) is 0 Å². The minimum absolute atomic E-state index is 0.0903. The van der Waals surface area contributed by atoms with Crippen LogP contribution in [0.25, 0.3) is 0 Å². The monoisotopic (exact) mass is 314 g/mol. The van der Waals surface area contributed by atoms with Crippen LogP contribution in [0.15, 0.2) is 0 Å². The summed E-state index contributed by atoms with van der Waals surface area (Å²) >= 11 is 1.89. The van der Waals surface area contributed by atoms with Gasteiger partial charge in [0, 0.05) is 30.4 Å². The Morgan fingerprint density at radius 2 is 2.14 bits per heavy atom. The van der Waals surface area contributed by atoms with Gasteiger partial charge in [0.15, 0.2) is 12.1 Å². The number of hydrogen-bond donors (Lipinski definition) is 1. The molecule has 120 valence electrons. The number of unbranched alkanes of at least 4 members (excludes halogenated alkanes) is 3. The van der Waals surface area contributed by atoms with Crippen molar-refractivity contribution in [3.63, 3.8) is 0 Å². The molecule has 0 amide bonds. The van der Waals surface area contributed by atoms with Gasteiger partial charge in [-0.05, 0) is 19.1 Å². The number of aliphatic hydroxyl groups is 1. The first kappa shape index (κ1) is 15.8. The van der Waals surface area contributed by atoms with Gasteiger partial charge in [0.1, 0.15) is 11.4 Å². The largest absolute Gasteiger partial charge is 0.363 e. The number of ketones is 1. The minimum atomic E-state index is -1.25. The topological polar surface area (TPSA) is 55.8 Å². The lowest BCUT2D eigenvalue weighted by Gasteiger charge is -2.45. The van der Waals surface area contributed by atoms with Gasteiger partial charge in [0.25, 0.3) is 0 Å². The second kappa shape index (κ2) is 5.84. The molecular formula is C16H26O4S. The molecule has 0 unspecified atom stereocenters. The molecule has 3 bridgehead atoms. The summed E-state index contributed by atoms with van der Waals surface area (Å²) in [5.41, 5.74) is -0.841. The van der Waals surface area contributed by atoms with Crippen molar-refractivity contribution in [1.82, 2.24) is 0 Å². The summed E-state index contributed by atoms with van der Waals surface area (Å²) in [5.74, 6) is 1.01. The molecular weight excluding hydrogens is 288 g/mol. The van der Waals surface area contributed by atoms with Gasteiger partial charge in [-0.25, -0.2) is 0 Å². The average molecular weight is 314 g/mol. The lowest BCUT2D eigenvalue weighted by Crippen LogP contribution is -2.59. The van der Waals surface area contributed by atoms with Crippen LogP contribution < -0.4 is 0 Å².